The molecule has 0 bridgehead atoms. The van der Waals surface area contributed by atoms with E-state index < -0.39 is 8.07 Å². The van der Waals surface area contributed by atoms with E-state index in [4.69, 9.17) is 14.4 Å². The van der Waals surface area contributed by atoms with Gasteiger partial charge in [0.2, 0.25) is 0 Å². The van der Waals surface area contributed by atoms with E-state index >= 15 is 0 Å². The zero-order valence-corrected chi connectivity index (χ0v) is 37.0. The summed E-state index contributed by atoms with van der Waals surface area (Å²) in [6.45, 7) is 16.1. The van der Waals surface area contributed by atoms with Crippen LogP contribution < -0.4 is 5.19 Å². The number of benzene rings is 6. The molecule has 9 aromatic rings. The van der Waals surface area contributed by atoms with Crippen molar-refractivity contribution in [2.75, 3.05) is 0 Å². The summed E-state index contributed by atoms with van der Waals surface area (Å²) in [6.07, 6.45) is 2.07. The zero-order chi connectivity index (χ0) is 39.0. The van der Waals surface area contributed by atoms with E-state index in [1.165, 1.54) is 33.1 Å². The molecule has 0 unspecified atom stereocenters. The molecule has 287 valence electrons. The molecule has 0 atom stereocenters. The second kappa shape index (κ2) is 16.6. The van der Waals surface area contributed by atoms with Gasteiger partial charge < -0.3 is 14.0 Å². The Hall–Kier alpha value is -5.39. The number of fused-ring (bicyclic) bond motifs is 4. The van der Waals surface area contributed by atoms with Gasteiger partial charge >= 0.3 is 0 Å². The van der Waals surface area contributed by atoms with Crippen molar-refractivity contribution in [1.29, 1.82) is 0 Å². The monoisotopic (exact) mass is 938 g/mol. The number of para-hydroxylation sites is 4. The van der Waals surface area contributed by atoms with Gasteiger partial charge in [-0.15, -0.1) is 54.1 Å². The Balaban J connectivity index is 0.000000188. The molecule has 0 saturated heterocycles. The number of hydrogen-bond acceptors (Lipinski definition) is 3. The van der Waals surface area contributed by atoms with Crippen molar-refractivity contribution in [2.45, 2.75) is 59.2 Å². The molecule has 0 amide bonds. The van der Waals surface area contributed by atoms with Gasteiger partial charge in [0.1, 0.15) is 5.58 Å². The topological polar surface area (TPSA) is 43.9 Å². The number of imidazole rings is 1. The van der Waals surface area contributed by atoms with Crippen molar-refractivity contribution < 1.29 is 24.5 Å². The maximum absolute atomic E-state index is 6.40. The van der Waals surface area contributed by atoms with Crippen molar-refractivity contribution in [1.82, 2.24) is 14.5 Å². The largest absolute Gasteiger partial charge is 0.501 e. The summed E-state index contributed by atoms with van der Waals surface area (Å²) in [6, 6.07) is 54.9. The van der Waals surface area contributed by atoms with Gasteiger partial charge in [-0.2, -0.15) is 0 Å². The van der Waals surface area contributed by atoms with Gasteiger partial charge in [-0.05, 0) is 63.2 Å². The first kappa shape index (κ1) is 39.8. The molecule has 3 heterocycles. The van der Waals surface area contributed by atoms with E-state index in [0.717, 1.165) is 55.6 Å². The molecule has 1 radical (unpaired) electrons. The standard InChI is InChI=1S/C31H27N2O.C20H20NSi.Ir/c1-19(2)21-12-9-13-22(20(3)4)29(21)33-27-17-7-6-16-26(27)32-31(33)25-15-10-14-24-23-11-5-8-18-28(23)34-30(24)25;1-22(2,3)20-15-21-19(17-12-8-5-9-13-17)14-18(20)16-10-6-4-7-11-16;/h5-14,16-20H,1-4H3;4-12,14-15H,1-3H3;/q2*-1;. The van der Waals surface area contributed by atoms with Gasteiger partial charge in [-0.3, -0.25) is 4.98 Å². The summed E-state index contributed by atoms with van der Waals surface area (Å²) >= 11 is 0. The third-order valence-electron chi connectivity index (χ3n) is 10.5. The van der Waals surface area contributed by atoms with Crippen LogP contribution in [-0.2, 0) is 20.1 Å². The Morgan fingerprint density at radius 1 is 0.667 bits per heavy atom. The molecule has 3 aromatic heterocycles. The Labute approximate surface area is 351 Å². The molecule has 6 heteroatoms. The molecular formula is C51H47IrN3OSi-2. The Bertz CT molecular complexity index is 2770. The predicted molar refractivity (Wildman–Crippen MR) is 238 cm³/mol. The minimum absolute atomic E-state index is 0. The molecule has 0 fully saturated rings. The van der Waals surface area contributed by atoms with Crippen LogP contribution >= 0.6 is 0 Å². The maximum Gasteiger partial charge on any atom is 0.120 e. The summed E-state index contributed by atoms with van der Waals surface area (Å²) in [5, 5.41) is 3.60. The third-order valence-corrected chi connectivity index (χ3v) is 12.5. The van der Waals surface area contributed by atoms with E-state index in [2.05, 4.69) is 167 Å². The van der Waals surface area contributed by atoms with Crippen LogP contribution in [-0.4, -0.2) is 22.6 Å². The van der Waals surface area contributed by atoms with Gasteiger partial charge in [-0.25, -0.2) is 0 Å². The Morgan fingerprint density at radius 3 is 2.05 bits per heavy atom. The molecule has 0 aliphatic carbocycles. The van der Waals surface area contributed by atoms with Gasteiger partial charge in [0, 0.05) is 37.4 Å². The summed E-state index contributed by atoms with van der Waals surface area (Å²) in [5.41, 5.74) is 13.1. The summed E-state index contributed by atoms with van der Waals surface area (Å²) in [5.74, 6) is 1.60. The van der Waals surface area contributed by atoms with E-state index in [9.17, 15) is 0 Å². The molecule has 0 saturated carbocycles. The van der Waals surface area contributed by atoms with Crippen molar-refractivity contribution in [3.8, 4) is 39.5 Å². The number of nitrogens with zero attached hydrogens (tertiary/aromatic N) is 3. The van der Waals surface area contributed by atoms with E-state index in [0.29, 0.717) is 11.8 Å². The van der Waals surface area contributed by atoms with Crippen LogP contribution in [0.25, 0.3) is 72.4 Å². The third kappa shape index (κ3) is 7.83. The fourth-order valence-electron chi connectivity index (χ4n) is 7.66. The van der Waals surface area contributed by atoms with Crippen molar-refractivity contribution in [3.05, 3.63) is 169 Å². The van der Waals surface area contributed by atoms with Crippen LogP contribution in [0.3, 0.4) is 0 Å². The maximum atomic E-state index is 6.40. The normalized spacial score (nSPS) is 11.6. The molecule has 0 N–H and O–H groups in total. The fourth-order valence-corrected chi connectivity index (χ4v) is 9.13. The van der Waals surface area contributed by atoms with Gasteiger partial charge in [0.15, 0.2) is 0 Å². The van der Waals surface area contributed by atoms with Crippen LogP contribution in [0.15, 0.2) is 150 Å². The number of rotatable bonds is 7. The first-order valence-corrected chi connectivity index (χ1v) is 23.1. The molecule has 0 aliphatic heterocycles. The Morgan fingerprint density at radius 2 is 1.35 bits per heavy atom. The Kier molecular flexibility index (Phi) is 11.6. The second-order valence-electron chi connectivity index (χ2n) is 16.1. The minimum Gasteiger partial charge on any atom is -0.501 e. The van der Waals surface area contributed by atoms with Crippen molar-refractivity contribution in [2.24, 2.45) is 0 Å². The number of aromatic nitrogens is 3. The molecule has 4 nitrogen and oxygen atoms in total. The van der Waals surface area contributed by atoms with Crippen LogP contribution in [0.1, 0.15) is 50.7 Å². The summed E-state index contributed by atoms with van der Waals surface area (Å²) in [4.78, 5) is 9.86. The van der Waals surface area contributed by atoms with Gasteiger partial charge in [0.25, 0.3) is 0 Å². The van der Waals surface area contributed by atoms with Crippen molar-refractivity contribution in [3.63, 3.8) is 0 Å². The molecule has 9 rings (SSSR count). The SMILES string of the molecule is CC(C)c1cccc(C(C)C)c1-n1c(-c2[c-]ccc3c2oc2ccccc23)nc2ccccc21.C[Si](C)(C)c1cnc(-c2[c-]cccc2)cc1-c1ccccc1.[Ir]. The number of pyridine rings is 1. The fraction of sp³-hybridized carbons (Fsp3) is 0.176. The van der Waals surface area contributed by atoms with Gasteiger partial charge in [-0.1, -0.05) is 143 Å². The van der Waals surface area contributed by atoms with Gasteiger partial charge in [0.05, 0.1) is 30.5 Å². The first-order valence-electron chi connectivity index (χ1n) is 19.6. The van der Waals surface area contributed by atoms with Crippen LogP contribution in [0.2, 0.25) is 19.6 Å². The van der Waals surface area contributed by atoms with Crippen molar-refractivity contribution >= 4 is 46.2 Å². The van der Waals surface area contributed by atoms with Crippen LogP contribution in [0.5, 0.6) is 0 Å². The predicted octanol–water partition coefficient (Wildman–Crippen LogP) is 13.4. The number of furan rings is 1. The van der Waals surface area contributed by atoms with E-state index in [-0.39, 0.29) is 20.1 Å². The average Bonchev–Trinajstić information content (AvgIpc) is 3.80. The van der Waals surface area contributed by atoms with E-state index in [1.54, 1.807) is 0 Å². The number of hydrogen-bond donors (Lipinski definition) is 0. The summed E-state index contributed by atoms with van der Waals surface area (Å²) < 4.78 is 8.73. The smallest absolute Gasteiger partial charge is 0.120 e. The molecular weight excluding hydrogens is 891 g/mol. The molecule has 57 heavy (non-hydrogen) atoms. The summed E-state index contributed by atoms with van der Waals surface area (Å²) in [7, 11) is -1.46. The minimum atomic E-state index is -1.46. The molecule has 0 aliphatic rings. The van der Waals surface area contributed by atoms with Crippen LogP contribution in [0.4, 0.5) is 0 Å². The average molecular weight is 938 g/mol. The van der Waals surface area contributed by atoms with Crippen LogP contribution in [0, 0.1) is 12.1 Å². The molecule has 0 spiro atoms. The van der Waals surface area contributed by atoms with E-state index in [1.807, 2.05) is 42.5 Å². The molecule has 6 aromatic carbocycles. The second-order valence-corrected chi connectivity index (χ2v) is 21.1. The first-order chi connectivity index (χ1) is 27.1. The quantitative estimate of drug-likeness (QED) is 0.118. The zero-order valence-electron chi connectivity index (χ0n) is 33.6.